The first kappa shape index (κ1) is 17.9. The van der Waals surface area contributed by atoms with Gasteiger partial charge in [-0.25, -0.2) is 13.2 Å². The lowest BCUT2D eigenvalue weighted by Crippen LogP contribution is -2.19. The highest BCUT2D eigenvalue weighted by atomic mass is 32.2. The third-order valence-electron chi connectivity index (χ3n) is 4.45. The number of aliphatic hydroxyl groups excluding tert-OH is 1. The Morgan fingerprint density at radius 2 is 1.84 bits per heavy atom. The van der Waals surface area contributed by atoms with Crippen molar-refractivity contribution in [1.82, 2.24) is 0 Å². The van der Waals surface area contributed by atoms with Crippen molar-refractivity contribution in [2.24, 2.45) is 5.16 Å². The number of rotatable bonds is 6. The molecule has 136 valence electrons. The van der Waals surface area contributed by atoms with Crippen molar-refractivity contribution < 1.29 is 27.9 Å². The van der Waals surface area contributed by atoms with Gasteiger partial charge in [-0.1, -0.05) is 17.3 Å². The number of aliphatic hydroxyl groups is 1. The monoisotopic (exact) mass is 367 g/mol. The Morgan fingerprint density at radius 1 is 1.16 bits per heavy atom. The summed E-state index contributed by atoms with van der Waals surface area (Å²) in [5.74, 6) is -0.670. The minimum absolute atomic E-state index is 0.0285. The molecule has 0 aromatic heterocycles. The molecule has 1 N–H and O–H groups in total. The van der Waals surface area contributed by atoms with Gasteiger partial charge in [0, 0.05) is 12.0 Å². The second-order valence-corrected chi connectivity index (χ2v) is 8.62. The smallest absolute Gasteiger partial charge is 0.360 e. The minimum Gasteiger partial charge on any atom is -0.464 e. The van der Waals surface area contributed by atoms with Gasteiger partial charge in [0.2, 0.25) is 0 Å². The number of hydrogen-bond donors (Lipinski definition) is 1. The Morgan fingerprint density at radius 3 is 2.36 bits per heavy atom. The van der Waals surface area contributed by atoms with Crippen molar-refractivity contribution in [2.75, 3.05) is 7.11 Å². The van der Waals surface area contributed by atoms with E-state index in [0.29, 0.717) is 37.7 Å². The molecular formula is C17H21NO6S. The number of hydrogen-bond acceptors (Lipinski definition) is 7. The summed E-state index contributed by atoms with van der Waals surface area (Å²) in [7, 11) is -2.04. The summed E-state index contributed by atoms with van der Waals surface area (Å²) in [4.78, 5) is 17.6. The van der Waals surface area contributed by atoms with Crippen LogP contribution in [-0.2, 0) is 24.2 Å². The fourth-order valence-electron chi connectivity index (χ4n) is 2.82. The molecular weight excluding hydrogens is 346 g/mol. The predicted molar refractivity (Wildman–Crippen MR) is 89.9 cm³/mol. The number of carbonyl (C=O) groups is 1. The van der Waals surface area contributed by atoms with Crippen LogP contribution in [0.3, 0.4) is 0 Å². The highest BCUT2D eigenvalue weighted by Crippen LogP contribution is 2.33. The van der Waals surface area contributed by atoms with Gasteiger partial charge in [0.25, 0.3) is 0 Å². The molecule has 0 saturated heterocycles. The molecule has 0 spiro atoms. The summed E-state index contributed by atoms with van der Waals surface area (Å²) < 4.78 is 29.2. The number of oxime groups is 1. The molecule has 2 fully saturated rings. The van der Waals surface area contributed by atoms with E-state index >= 15 is 0 Å². The van der Waals surface area contributed by atoms with Gasteiger partial charge in [-0.3, -0.25) is 0 Å². The normalized spacial score (nSPS) is 24.2. The molecule has 1 aromatic carbocycles. The number of sulfone groups is 1. The fraction of sp³-hybridized carbons (Fsp3) is 0.529. The summed E-state index contributed by atoms with van der Waals surface area (Å²) in [5.41, 5.74) is 0.388. The van der Waals surface area contributed by atoms with Gasteiger partial charge in [-0.2, -0.15) is 0 Å². The molecule has 3 rings (SSSR count). The largest absolute Gasteiger partial charge is 0.464 e. The number of benzene rings is 1. The van der Waals surface area contributed by atoms with Crippen molar-refractivity contribution in [1.29, 1.82) is 0 Å². The van der Waals surface area contributed by atoms with E-state index in [4.69, 9.17) is 9.57 Å². The number of ether oxygens (including phenoxy) is 1. The van der Waals surface area contributed by atoms with E-state index in [1.165, 1.54) is 31.4 Å². The molecule has 0 aliphatic heterocycles. The van der Waals surface area contributed by atoms with Crippen LogP contribution in [0.15, 0.2) is 34.3 Å². The van der Waals surface area contributed by atoms with E-state index in [1.807, 2.05) is 0 Å². The van der Waals surface area contributed by atoms with Crippen molar-refractivity contribution in [3.8, 4) is 0 Å². The summed E-state index contributed by atoms with van der Waals surface area (Å²) >= 11 is 0. The van der Waals surface area contributed by atoms with Gasteiger partial charge in [0.15, 0.2) is 15.5 Å². The van der Waals surface area contributed by atoms with E-state index in [-0.39, 0.29) is 22.0 Å². The lowest BCUT2D eigenvalue weighted by molar-refractivity contribution is -0.132. The topological polar surface area (TPSA) is 102 Å². The van der Waals surface area contributed by atoms with Crippen LogP contribution in [0.25, 0.3) is 0 Å². The van der Waals surface area contributed by atoms with E-state index in [1.54, 1.807) is 0 Å². The first-order valence-corrected chi connectivity index (χ1v) is 9.81. The molecule has 0 bridgehead atoms. The molecule has 2 aliphatic rings. The molecule has 8 heteroatoms. The average molecular weight is 367 g/mol. The van der Waals surface area contributed by atoms with Gasteiger partial charge in [0.05, 0.1) is 23.4 Å². The van der Waals surface area contributed by atoms with E-state index in [0.717, 1.165) is 0 Å². The van der Waals surface area contributed by atoms with Crippen LogP contribution >= 0.6 is 0 Å². The quantitative estimate of drug-likeness (QED) is 0.464. The van der Waals surface area contributed by atoms with Gasteiger partial charge in [-0.15, -0.1) is 0 Å². The van der Waals surface area contributed by atoms with Crippen molar-refractivity contribution in [3.63, 3.8) is 0 Å². The lowest BCUT2D eigenvalue weighted by atomic mass is 10.1. The van der Waals surface area contributed by atoms with Crippen LogP contribution in [0.4, 0.5) is 0 Å². The Bertz CT molecular complexity index is 767. The second kappa shape index (κ2) is 7.13. The zero-order valence-corrected chi connectivity index (χ0v) is 14.7. The van der Waals surface area contributed by atoms with Gasteiger partial charge in [-0.05, 0) is 37.8 Å². The van der Waals surface area contributed by atoms with E-state index in [9.17, 15) is 18.3 Å². The molecule has 25 heavy (non-hydrogen) atoms. The van der Waals surface area contributed by atoms with E-state index in [2.05, 4.69) is 5.16 Å². The van der Waals surface area contributed by atoms with Gasteiger partial charge in [0.1, 0.15) is 6.10 Å². The number of esters is 1. The third-order valence-corrected chi connectivity index (χ3v) is 6.73. The van der Waals surface area contributed by atoms with Crippen LogP contribution in [0, 0.1) is 0 Å². The molecule has 1 aromatic rings. The zero-order valence-electron chi connectivity index (χ0n) is 13.9. The van der Waals surface area contributed by atoms with Crippen LogP contribution < -0.4 is 0 Å². The van der Waals surface area contributed by atoms with Crippen molar-refractivity contribution >= 4 is 21.5 Å². The first-order valence-electron chi connectivity index (χ1n) is 8.26. The SMILES string of the molecule is COC(=O)C(=NO[C@@H]1CCC(O)C1)c1ccc(S(=O)(=O)C2CC2)cc1. The second-order valence-electron chi connectivity index (χ2n) is 6.39. The summed E-state index contributed by atoms with van der Waals surface area (Å²) in [5, 5.41) is 13.1. The molecule has 0 radical (unpaired) electrons. The summed E-state index contributed by atoms with van der Waals surface area (Å²) in [6.45, 7) is 0. The fourth-order valence-corrected chi connectivity index (χ4v) is 4.48. The van der Waals surface area contributed by atoms with Crippen molar-refractivity contribution in [2.45, 2.75) is 54.5 Å². The third kappa shape index (κ3) is 4.01. The van der Waals surface area contributed by atoms with E-state index < -0.39 is 21.9 Å². The summed E-state index contributed by atoms with van der Waals surface area (Å²) in [6, 6.07) is 6.00. The molecule has 7 nitrogen and oxygen atoms in total. The maximum absolute atomic E-state index is 12.2. The highest BCUT2D eigenvalue weighted by molar-refractivity contribution is 7.92. The van der Waals surface area contributed by atoms with Gasteiger partial charge >= 0.3 is 5.97 Å². The summed E-state index contributed by atoms with van der Waals surface area (Å²) in [6.07, 6.45) is 2.51. The van der Waals surface area contributed by atoms with Crippen LogP contribution in [0.1, 0.15) is 37.7 Å². The Labute approximate surface area is 146 Å². The predicted octanol–water partition coefficient (Wildman–Crippen LogP) is 1.43. The number of nitrogens with zero attached hydrogens (tertiary/aromatic N) is 1. The minimum atomic E-state index is -3.28. The lowest BCUT2D eigenvalue weighted by Gasteiger charge is -2.10. The highest BCUT2D eigenvalue weighted by Gasteiger charge is 2.36. The number of methoxy groups -OCH3 is 1. The molecule has 2 saturated carbocycles. The standard InChI is InChI=1S/C17H21NO6S/c1-23-17(20)16(18-24-13-5-4-12(19)10-13)11-2-6-14(7-3-11)25(21,22)15-8-9-15/h2-3,6-7,12-13,15,19H,4-5,8-10H2,1H3/t12?,13-/m1/s1. The molecule has 2 aliphatic carbocycles. The maximum Gasteiger partial charge on any atom is 0.360 e. The molecule has 2 atom stereocenters. The van der Waals surface area contributed by atoms with Crippen LogP contribution in [0.2, 0.25) is 0 Å². The van der Waals surface area contributed by atoms with Crippen LogP contribution in [-0.4, -0.2) is 49.8 Å². The number of carbonyl (C=O) groups excluding carboxylic acids is 1. The Hall–Kier alpha value is -1.93. The van der Waals surface area contributed by atoms with Crippen LogP contribution in [0.5, 0.6) is 0 Å². The average Bonchev–Trinajstić information content (AvgIpc) is 3.39. The van der Waals surface area contributed by atoms with Crippen molar-refractivity contribution in [3.05, 3.63) is 29.8 Å². The zero-order chi connectivity index (χ0) is 18.0. The molecule has 0 heterocycles. The van der Waals surface area contributed by atoms with Gasteiger partial charge < -0.3 is 14.7 Å². The molecule has 1 unspecified atom stereocenters. The first-order chi connectivity index (χ1) is 11.9. The Balaban J connectivity index is 1.80. The molecule has 0 amide bonds. The Kier molecular flexibility index (Phi) is 5.10. The maximum atomic E-state index is 12.2.